The van der Waals surface area contributed by atoms with Crippen molar-refractivity contribution in [3.05, 3.63) is 58.6 Å². The SMILES string of the molecule is CCOc1ccc(C(=O)Nc2nnc(Cc3ccc(OC)c(OC)c3)s2)cc1. The Bertz CT molecular complexity index is 941. The van der Waals surface area contributed by atoms with Crippen LogP contribution in [-0.4, -0.2) is 36.9 Å². The van der Waals surface area contributed by atoms with Crippen LogP contribution in [-0.2, 0) is 6.42 Å². The molecule has 2 aromatic carbocycles. The maximum atomic E-state index is 12.4. The van der Waals surface area contributed by atoms with E-state index in [4.69, 9.17) is 14.2 Å². The predicted octanol–water partition coefficient (Wildman–Crippen LogP) is 3.80. The molecule has 1 amide bonds. The van der Waals surface area contributed by atoms with E-state index in [1.54, 1.807) is 38.5 Å². The summed E-state index contributed by atoms with van der Waals surface area (Å²) in [7, 11) is 3.20. The van der Waals surface area contributed by atoms with E-state index >= 15 is 0 Å². The first kappa shape index (κ1) is 19.6. The number of ether oxygens (including phenoxy) is 3. The minimum Gasteiger partial charge on any atom is -0.494 e. The van der Waals surface area contributed by atoms with E-state index in [0.717, 1.165) is 16.3 Å². The highest BCUT2D eigenvalue weighted by Gasteiger charge is 2.12. The minimum atomic E-state index is -0.239. The van der Waals surface area contributed by atoms with Gasteiger partial charge in [0, 0.05) is 12.0 Å². The smallest absolute Gasteiger partial charge is 0.257 e. The van der Waals surface area contributed by atoms with Crippen LogP contribution >= 0.6 is 11.3 Å². The Labute approximate surface area is 167 Å². The Morgan fingerprint density at radius 3 is 2.46 bits per heavy atom. The lowest BCUT2D eigenvalue weighted by Gasteiger charge is -2.08. The Morgan fingerprint density at radius 2 is 1.79 bits per heavy atom. The van der Waals surface area contributed by atoms with Gasteiger partial charge in [0.05, 0.1) is 20.8 Å². The van der Waals surface area contributed by atoms with Crippen molar-refractivity contribution in [1.82, 2.24) is 10.2 Å². The predicted molar refractivity (Wildman–Crippen MR) is 108 cm³/mol. The van der Waals surface area contributed by atoms with Crippen LogP contribution in [0.3, 0.4) is 0 Å². The van der Waals surface area contributed by atoms with Crippen molar-refractivity contribution in [2.75, 3.05) is 26.1 Å². The number of benzene rings is 2. The zero-order valence-electron chi connectivity index (χ0n) is 15.9. The van der Waals surface area contributed by atoms with E-state index in [1.807, 2.05) is 25.1 Å². The fraction of sp³-hybridized carbons (Fsp3) is 0.250. The maximum absolute atomic E-state index is 12.4. The molecule has 3 rings (SSSR count). The summed E-state index contributed by atoms with van der Waals surface area (Å²) in [4.78, 5) is 12.4. The first-order valence-corrected chi connectivity index (χ1v) is 9.52. The monoisotopic (exact) mass is 399 g/mol. The average Bonchev–Trinajstić information content (AvgIpc) is 3.15. The Hall–Kier alpha value is -3.13. The van der Waals surface area contributed by atoms with Gasteiger partial charge in [-0.3, -0.25) is 10.1 Å². The van der Waals surface area contributed by atoms with E-state index in [2.05, 4.69) is 15.5 Å². The van der Waals surface area contributed by atoms with Crippen LogP contribution in [0.15, 0.2) is 42.5 Å². The van der Waals surface area contributed by atoms with Crippen molar-refractivity contribution in [2.24, 2.45) is 0 Å². The molecule has 0 spiro atoms. The molecular weight excluding hydrogens is 378 g/mol. The summed E-state index contributed by atoms with van der Waals surface area (Å²) in [6.45, 7) is 2.49. The highest BCUT2D eigenvalue weighted by atomic mass is 32.1. The van der Waals surface area contributed by atoms with Crippen LogP contribution in [0.1, 0.15) is 27.9 Å². The summed E-state index contributed by atoms with van der Waals surface area (Å²) in [6.07, 6.45) is 0.580. The first-order valence-electron chi connectivity index (χ1n) is 8.70. The van der Waals surface area contributed by atoms with Crippen LogP contribution < -0.4 is 19.5 Å². The molecule has 0 aliphatic carbocycles. The summed E-state index contributed by atoms with van der Waals surface area (Å²) in [6, 6.07) is 12.7. The van der Waals surface area contributed by atoms with Crippen molar-refractivity contribution in [3.63, 3.8) is 0 Å². The second-order valence-corrected chi connectivity index (χ2v) is 6.84. The number of methoxy groups -OCH3 is 2. The second kappa shape index (κ2) is 9.18. The third-order valence-corrected chi connectivity index (χ3v) is 4.76. The van der Waals surface area contributed by atoms with Gasteiger partial charge >= 0.3 is 0 Å². The molecule has 0 fully saturated rings. The number of carbonyl (C=O) groups is 1. The quantitative estimate of drug-likeness (QED) is 0.620. The van der Waals surface area contributed by atoms with Crippen LogP contribution in [0.4, 0.5) is 5.13 Å². The Morgan fingerprint density at radius 1 is 1.04 bits per heavy atom. The molecule has 0 atom stereocenters. The fourth-order valence-electron chi connectivity index (χ4n) is 2.58. The molecule has 0 aliphatic rings. The zero-order valence-corrected chi connectivity index (χ0v) is 16.7. The van der Waals surface area contributed by atoms with Crippen molar-refractivity contribution in [3.8, 4) is 17.2 Å². The van der Waals surface area contributed by atoms with E-state index in [9.17, 15) is 4.79 Å². The molecule has 8 heteroatoms. The number of nitrogens with zero attached hydrogens (tertiary/aromatic N) is 2. The summed E-state index contributed by atoms with van der Waals surface area (Å²) < 4.78 is 15.9. The maximum Gasteiger partial charge on any atom is 0.257 e. The van der Waals surface area contributed by atoms with Crippen LogP contribution in [0, 0.1) is 0 Å². The molecule has 0 bridgehead atoms. The number of hydrogen-bond donors (Lipinski definition) is 1. The number of rotatable bonds is 8. The summed E-state index contributed by atoms with van der Waals surface area (Å²) >= 11 is 1.33. The van der Waals surface area contributed by atoms with E-state index < -0.39 is 0 Å². The summed E-state index contributed by atoms with van der Waals surface area (Å²) in [5, 5.41) is 12.2. The van der Waals surface area contributed by atoms with E-state index in [1.165, 1.54) is 11.3 Å². The summed E-state index contributed by atoms with van der Waals surface area (Å²) in [5.41, 5.74) is 1.54. The molecule has 1 N–H and O–H groups in total. The van der Waals surface area contributed by atoms with Crippen LogP contribution in [0.25, 0.3) is 0 Å². The minimum absolute atomic E-state index is 0.239. The van der Waals surface area contributed by atoms with Crippen molar-refractivity contribution in [1.29, 1.82) is 0 Å². The molecule has 0 saturated heterocycles. The van der Waals surface area contributed by atoms with Gasteiger partial charge in [0.25, 0.3) is 5.91 Å². The van der Waals surface area contributed by atoms with E-state index in [-0.39, 0.29) is 5.91 Å². The Kier molecular flexibility index (Phi) is 6.44. The van der Waals surface area contributed by atoms with Gasteiger partial charge in [0.2, 0.25) is 5.13 Å². The summed E-state index contributed by atoms with van der Waals surface area (Å²) in [5.74, 6) is 1.82. The highest BCUT2D eigenvalue weighted by molar-refractivity contribution is 7.15. The normalized spacial score (nSPS) is 10.4. The molecule has 1 heterocycles. The lowest BCUT2D eigenvalue weighted by Crippen LogP contribution is -2.11. The van der Waals surface area contributed by atoms with Gasteiger partial charge in [0.15, 0.2) is 11.5 Å². The number of amides is 1. The third kappa shape index (κ3) is 4.77. The molecule has 28 heavy (non-hydrogen) atoms. The number of carbonyl (C=O) groups excluding carboxylic acids is 1. The van der Waals surface area contributed by atoms with E-state index in [0.29, 0.717) is 35.2 Å². The lowest BCUT2D eigenvalue weighted by atomic mass is 10.1. The largest absolute Gasteiger partial charge is 0.494 e. The van der Waals surface area contributed by atoms with Gasteiger partial charge in [0.1, 0.15) is 10.8 Å². The molecule has 0 unspecified atom stereocenters. The molecule has 7 nitrogen and oxygen atoms in total. The standard InChI is InChI=1S/C20H21N3O4S/c1-4-27-15-8-6-14(7-9-15)19(24)21-20-23-22-18(28-20)12-13-5-10-16(25-2)17(11-13)26-3/h5-11H,4,12H2,1-3H3,(H,21,23,24). The van der Waals surface area contributed by atoms with Crippen molar-refractivity contribution >= 4 is 22.4 Å². The number of nitrogens with one attached hydrogen (secondary N) is 1. The number of anilines is 1. The van der Waals surface area contributed by atoms with Crippen molar-refractivity contribution in [2.45, 2.75) is 13.3 Å². The van der Waals surface area contributed by atoms with Gasteiger partial charge in [-0.1, -0.05) is 17.4 Å². The Balaban J connectivity index is 1.64. The van der Waals surface area contributed by atoms with Gasteiger partial charge < -0.3 is 14.2 Å². The molecule has 0 saturated carbocycles. The molecule has 3 aromatic rings. The number of hydrogen-bond acceptors (Lipinski definition) is 7. The average molecular weight is 399 g/mol. The van der Waals surface area contributed by atoms with Crippen LogP contribution in [0.2, 0.25) is 0 Å². The number of aromatic nitrogens is 2. The molecule has 146 valence electrons. The fourth-order valence-corrected chi connectivity index (χ4v) is 3.35. The molecule has 0 aliphatic heterocycles. The molecule has 1 aromatic heterocycles. The second-order valence-electron chi connectivity index (χ2n) is 5.78. The lowest BCUT2D eigenvalue weighted by molar-refractivity contribution is 0.102. The van der Waals surface area contributed by atoms with Gasteiger partial charge in [-0.25, -0.2) is 0 Å². The molecule has 0 radical (unpaired) electrons. The highest BCUT2D eigenvalue weighted by Crippen LogP contribution is 2.29. The topological polar surface area (TPSA) is 82.6 Å². The molecular formula is C20H21N3O4S. The van der Waals surface area contributed by atoms with Gasteiger partial charge in [-0.05, 0) is 48.9 Å². The first-order chi connectivity index (χ1) is 13.6. The van der Waals surface area contributed by atoms with Crippen molar-refractivity contribution < 1.29 is 19.0 Å². The van der Waals surface area contributed by atoms with Crippen LogP contribution in [0.5, 0.6) is 17.2 Å². The zero-order chi connectivity index (χ0) is 19.9. The third-order valence-electron chi connectivity index (χ3n) is 3.92. The van der Waals surface area contributed by atoms with Gasteiger partial charge in [-0.2, -0.15) is 0 Å². The van der Waals surface area contributed by atoms with Gasteiger partial charge in [-0.15, -0.1) is 10.2 Å².